The highest BCUT2D eigenvalue weighted by Crippen LogP contribution is 2.34. The number of hydrogen-bond donors (Lipinski definition) is 5. The van der Waals surface area contributed by atoms with Crippen LogP contribution < -0.4 is 11.1 Å². The van der Waals surface area contributed by atoms with E-state index in [2.05, 4.69) is 20.3 Å². The lowest BCUT2D eigenvalue weighted by Gasteiger charge is -2.18. The van der Waals surface area contributed by atoms with Crippen LogP contribution in [0.2, 0.25) is 0 Å². The van der Waals surface area contributed by atoms with Gasteiger partial charge in [-0.05, 0) is 0 Å². The zero-order valence-corrected chi connectivity index (χ0v) is 11.2. The predicted octanol–water partition coefficient (Wildman–Crippen LogP) is -1.94. The maximum Gasteiger partial charge on any atom is 0.207 e. The molecule has 1 aliphatic rings. The van der Waals surface area contributed by atoms with Crippen molar-refractivity contribution in [3.63, 3.8) is 0 Å². The number of fused-ring (bicyclic) bond motifs is 1. The Morgan fingerprint density at radius 2 is 2.14 bits per heavy atom. The van der Waals surface area contributed by atoms with E-state index < -0.39 is 31.1 Å². The highest BCUT2D eigenvalue weighted by molar-refractivity contribution is 5.84. The van der Waals surface area contributed by atoms with E-state index in [0.29, 0.717) is 17.1 Å². The molecule has 10 nitrogen and oxygen atoms in total. The van der Waals surface area contributed by atoms with Crippen molar-refractivity contribution in [3.8, 4) is 0 Å². The summed E-state index contributed by atoms with van der Waals surface area (Å²) in [5.74, 6) is 0.550. The SMILES string of the molecule is CNc1nc2c(N)ncnc2n1[C@@H]1O[C@H](CO)C(O)[C@@H]1O. The molecular formula is C11H16N6O4. The highest BCUT2D eigenvalue weighted by Gasteiger charge is 2.44. The number of aliphatic hydroxyl groups is 3. The monoisotopic (exact) mass is 296 g/mol. The van der Waals surface area contributed by atoms with Crippen LogP contribution in [-0.2, 0) is 4.74 Å². The number of aromatic nitrogens is 4. The van der Waals surface area contributed by atoms with Crippen molar-refractivity contribution in [2.24, 2.45) is 0 Å². The Balaban J connectivity index is 2.14. The van der Waals surface area contributed by atoms with Gasteiger partial charge in [0, 0.05) is 7.05 Å². The smallest absolute Gasteiger partial charge is 0.207 e. The highest BCUT2D eigenvalue weighted by atomic mass is 16.6. The number of imidazole rings is 1. The lowest BCUT2D eigenvalue weighted by Crippen LogP contribution is -2.33. The molecule has 0 radical (unpaired) electrons. The molecule has 0 aromatic carbocycles. The van der Waals surface area contributed by atoms with Crippen LogP contribution in [0, 0.1) is 0 Å². The van der Waals surface area contributed by atoms with E-state index in [1.807, 2.05) is 0 Å². The lowest BCUT2D eigenvalue weighted by molar-refractivity contribution is -0.0501. The van der Waals surface area contributed by atoms with Gasteiger partial charge in [0.2, 0.25) is 5.95 Å². The number of aliphatic hydroxyl groups excluding tert-OH is 3. The van der Waals surface area contributed by atoms with Gasteiger partial charge in [-0.25, -0.2) is 15.0 Å². The van der Waals surface area contributed by atoms with Gasteiger partial charge in [0.15, 0.2) is 23.2 Å². The average Bonchev–Trinajstić information content (AvgIpc) is 2.99. The van der Waals surface area contributed by atoms with Crippen LogP contribution in [0.5, 0.6) is 0 Å². The van der Waals surface area contributed by atoms with Crippen LogP contribution in [0.3, 0.4) is 0 Å². The third-order valence-corrected chi connectivity index (χ3v) is 3.50. The molecule has 0 amide bonds. The molecule has 1 fully saturated rings. The molecule has 1 aliphatic heterocycles. The summed E-state index contributed by atoms with van der Waals surface area (Å²) in [5.41, 5.74) is 6.48. The van der Waals surface area contributed by atoms with Crippen LogP contribution in [0.4, 0.5) is 11.8 Å². The molecule has 0 saturated carbocycles. The number of rotatable bonds is 3. The Morgan fingerprint density at radius 3 is 2.76 bits per heavy atom. The minimum absolute atomic E-state index is 0.196. The van der Waals surface area contributed by atoms with Gasteiger partial charge in [-0.1, -0.05) is 0 Å². The average molecular weight is 296 g/mol. The Morgan fingerprint density at radius 1 is 1.38 bits per heavy atom. The molecule has 0 spiro atoms. The second-order valence-electron chi connectivity index (χ2n) is 4.72. The molecule has 2 aromatic rings. The van der Waals surface area contributed by atoms with Crippen LogP contribution in [-0.4, -0.2) is 66.8 Å². The van der Waals surface area contributed by atoms with E-state index in [1.165, 1.54) is 10.9 Å². The van der Waals surface area contributed by atoms with E-state index in [-0.39, 0.29) is 5.82 Å². The summed E-state index contributed by atoms with van der Waals surface area (Å²) in [7, 11) is 1.64. The van der Waals surface area contributed by atoms with Gasteiger partial charge in [-0.3, -0.25) is 4.57 Å². The number of nitrogens with zero attached hydrogens (tertiary/aromatic N) is 4. The second kappa shape index (κ2) is 5.07. The van der Waals surface area contributed by atoms with Crippen molar-refractivity contribution in [3.05, 3.63) is 6.33 Å². The fourth-order valence-electron chi connectivity index (χ4n) is 2.44. The molecule has 2 aromatic heterocycles. The van der Waals surface area contributed by atoms with Crippen LogP contribution in [0.1, 0.15) is 6.23 Å². The molecule has 0 aliphatic carbocycles. The molecule has 6 N–H and O–H groups in total. The quantitative estimate of drug-likeness (QED) is 0.435. The van der Waals surface area contributed by atoms with E-state index in [0.717, 1.165) is 0 Å². The summed E-state index contributed by atoms with van der Waals surface area (Å²) >= 11 is 0. The fourth-order valence-corrected chi connectivity index (χ4v) is 2.44. The predicted molar refractivity (Wildman–Crippen MR) is 72.3 cm³/mol. The summed E-state index contributed by atoms with van der Waals surface area (Å²) in [6.07, 6.45) is -2.99. The van der Waals surface area contributed by atoms with Crippen LogP contribution in [0.25, 0.3) is 11.2 Å². The zero-order valence-electron chi connectivity index (χ0n) is 11.2. The molecule has 1 saturated heterocycles. The van der Waals surface area contributed by atoms with Crippen molar-refractivity contribution in [1.82, 2.24) is 19.5 Å². The molecule has 114 valence electrons. The van der Waals surface area contributed by atoms with E-state index in [1.54, 1.807) is 7.05 Å². The maximum atomic E-state index is 10.1. The first kappa shape index (κ1) is 13.9. The first-order valence-corrected chi connectivity index (χ1v) is 6.37. The third kappa shape index (κ3) is 2.00. The topological polar surface area (TPSA) is 152 Å². The summed E-state index contributed by atoms with van der Waals surface area (Å²) in [5, 5.41) is 32.0. The van der Waals surface area contributed by atoms with Gasteiger partial charge >= 0.3 is 0 Å². The van der Waals surface area contributed by atoms with Crippen molar-refractivity contribution < 1.29 is 20.1 Å². The molecule has 10 heteroatoms. The van der Waals surface area contributed by atoms with Crippen molar-refractivity contribution in [2.75, 3.05) is 24.7 Å². The number of nitrogens with one attached hydrogen (secondary N) is 1. The van der Waals surface area contributed by atoms with Crippen LogP contribution in [0.15, 0.2) is 6.33 Å². The van der Waals surface area contributed by atoms with Crippen molar-refractivity contribution in [2.45, 2.75) is 24.5 Å². The summed E-state index contributed by atoms with van der Waals surface area (Å²) in [6.45, 7) is -0.409. The lowest BCUT2D eigenvalue weighted by atomic mass is 10.1. The third-order valence-electron chi connectivity index (χ3n) is 3.50. The fraction of sp³-hybridized carbons (Fsp3) is 0.545. The number of nitrogen functional groups attached to an aromatic ring is 1. The van der Waals surface area contributed by atoms with Gasteiger partial charge in [-0.15, -0.1) is 0 Å². The van der Waals surface area contributed by atoms with Gasteiger partial charge in [0.1, 0.15) is 24.6 Å². The molecule has 0 bridgehead atoms. The Hall–Kier alpha value is -2.01. The molecule has 4 atom stereocenters. The summed E-state index contributed by atoms with van der Waals surface area (Å²) in [6, 6.07) is 0. The Bertz CT molecular complexity index is 661. The molecule has 3 heterocycles. The Kier molecular flexibility index (Phi) is 3.37. The van der Waals surface area contributed by atoms with Gasteiger partial charge in [0.25, 0.3) is 0 Å². The number of anilines is 2. The largest absolute Gasteiger partial charge is 0.394 e. The van der Waals surface area contributed by atoms with Crippen molar-refractivity contribution >= 4 is 22.9 Å². The standard InChI is InChI=1S/C11H16N6O4/c1-13-11-16-5-8(12)14-3-15-9(5)17(11)10-7(20)6(19)4(2-18)21-10/h3-4,6-7,10,18-20H,2H2,1H3,(H,13,16)(H2,12,14,15)/t4-,6?,7+,10-/m1/s1. The minimum atomic E-state index is -1.23. The van der Waals surface area contributed by atoms with Gasteiger partial charge < -0.3 is 31.1 Å². The molecule has 1 unspecified atom stereocenters. The zero-order chi connectivity index (χ0) is 15.1. The minimum Gasteiger partial charge on any atom is -0.394 e. The van der Waals surface area contributed by atoms with E-state index in [9.17, 15) is 15.3 Å². The molecule has 3 rings (SSSR count). The molecule has 21 heavy (non-hydrogen) atoms. The maximum absolute atomic E-state index is 10.1. The van der Waals surface area contributed by atoms with E-state index in [4.69, 9.17) is 10.5 Å². The Labute approximate surface area is 119 Å². The summed E-state index contributed by atoms with van der Waals surface area (Å²) < 4.78 is 6.98. The first-order chi connectivity index (χ1) is 10.1. The first-order valence-electron chi connectivity index (χ1n) is 6.37. The van der Waals surface area contributed by atoms with Crippen molar-refractivity contribution in [1.29, 1.82) is 0 Å². The molecular weight excluding hydrogens is 280 g/mol. The van der Waals surface area contributed by atoms with Gasteiger partial charge in [0.05, 0.1) is 6.61 Å². The number of nitrogens with two attached hydrogens (primary N) is 1. The van der Waals surface area contributed by atoms with Gasteiger partial charge in [-0.2, -0.15) is 0 Å². The van der Waals surface area contributed by atoms with E-state index >= 15 is 0 Å². The summed E-state index contributed by atoms with van der Waals surface area (Å²) in [4.78, 5) is 12.2. The van der Waals surface area contributed by atoms with Crippen LogP contribution >= 0.6 is 0 Å². The number of ether oxygens (including phenoxy) is 1. The number of hydrogen-bond acceptors (Lipinski definition) is 9. The normalized spacial score (nSPS) is 29.1. The second-order valence-corrected chi connectivity index (χ2v) is 4.72.